The fourth-order valence-electron chi connectivity index (χ4n) is 2.45. The molecule has 2 heterocycles. The van der Waals surface area contributed by atoms with Gasteiger partial charge in [0.05, 0.1) is 23.5 Å². The summed E-state index contributed by atoms with van der Waals surface area (Å²) in [6.07, 6.45) is 5.31. The highest BCUT2D eigenvalue weighted by Gasteiger charge is 2.12. The summed E-state index contributed by atoms with van der Waals surface area (Å²) in [6.45, 7) is 0.777. The van der Waals surface area contributed by atoms with E-state index in [-0.39, 0.29) is 6.03 Å². The van der Waals surface area contributed by atoms with E-state index in [1.807, 2.05) is 31.4 Å². The number of anilines is 1. The summed E-state index contributed by atoms with van der Waals surface area (Å²) in [6, 6.07) is 10.5. The van der Waals surface area contributed by atoms with E-state index < -0.39 is 0 Å². The van der Waals surface area contributed by atoms with Crippen LogP contribution in [-0.2, 0) is 20.2 Å². The second-order valence-corrected chi connectivity index (χ2v) is 6.47. The van der Waals surface area contributed by atoms with Gasteiger partial charge in [-0.1, -0.05) is 17.7 Å². The van der Waals surface area contributed by atoms with Gasteiger partial charge in [-0.05, 0) is 30.3 Å². The van der Waals surface area contributed by atoms with Gasteiger partial charge in [0.2, 0.25) is 0 Å². The molecule has 0 aliphatic heterocycles. The number of aryl methyl sites for hydroxylation is 1. The molecule has 0 saturated heterocycles. The molecular formula is C19H20ClN5O2. The van der Waals surface area contributed by atoms with Crippen LogP contribution in [0.15, 0.2) is 55.0 Å². The number of nitrogens with zero attached hydrogens (tertiary/aromatic N) is 4. The number of amides is 2. The van der Waals surface area contributed by atoms with E-state index in [0.29, 0.717) is 29.6 Å². The molecule has 0 fully saturated rings. The highest BCUT2D eigenvalue weighted by atomic mass is 35.5. The molecule has 140 valence electrons. The van der Waals surface area contributed by atoms with Crippen molar-refractivity contribution in [2.24, 2.45) is 7.05 Å². The first kappa shape index (κ1) is 18.7. The number of ether oxygens (including phenoxy) is 1. The Bertz CT molecular complexity index is 913. The molecule has 0 atom stereocenters. The lowest BCUT2D eigenvalue weighted by Gasteiger charge is -2.17. The summed E-state index contributed by atoms with van der Waals surface area (Å²) in [5, 5.41) is 7.33. The molecule has 27 heavy (non-hydrogen) atoms. The number of urea groups is 1. The minimum Gasteiger partial charge on any atom is -0.486 e. The van der Waals surface area contributed by atoms with Crippen LogP contribution in [0, 0.1) is 0 Å². The van der Waals surface area contributed by atoms with Crippen LogP contribution in [-0.4, -0.2) is 32.7 Å². The number of hydrogen-bond donors (Lipinski definition) is 1. The average Bonchev–Trinajstić information content (AvgIpc) is 3.06. The molecule has 3 aromatic rings. The first-order valence-electron chi connectivity index (χ1n) is 8.33. The number of carbonyl (C=O) groups excluding carboxylic acids is 1. The van der Waals surface area contributed by atoms with Crippen molar-refractivity contribution in [3.63, 3.8) is 0 Å². The van der Waals surface area contributed by atoms with Crippen molar-refractivity contribution in [2.75, 3.05) is 12.4 Å². The fraction of sp³-hybridized carbons (Fsp3) is 0.211. The van der Waals surface area contributed by atoms with Crippen LogP contribution >= 0.6 is 11.6 Å². The maximum absolute atomic E-state index is 12.3. The Kier molecular flexibility index (Phi) is 5.93. The third kappa shape index (κ3) is 5.21. The molecule has 2 aromatic heterocycles. The Morgan fingerprint density at radius 1 is 1.33 bits per heavy atom. The molecule has 0 saturated carbocycles. The number of pyridine rings is 1. The van der Waals surface area contributed by atoms with Crippen LogP contribution in [0.4, 0.5) is 10.5 Å². The van der Waals surface area contributed by atoms with Gasteiger partial charge in [0.15, 0.2) is 0 Å². The SMILES string of the molecule is CN(Cc1cnn(C)c1)C(=O)Nc1ccc(OCc2ccccn2)c(Cl)c1. The van der Waals surface area contributed by atoms with Crippen molar-refractivity contribution in [2.45, 2.75) is 13.2 Å². The highest BCUT2D eigenvalue weighted by Crippen LogP contribution is 2.28. The lowest BCUT2D eigenvalue weighted by molar-refractivity contribution is 0.220. The zero-order valence-corrected chi connectivity index (χ0v) is 15.8. The Hall–Kier alpha value is -3.06. The predicted octanol–water partition coefficient (Wildman–Crippen LogP) is 3.71. The zero-order chi connectivity index (χ0) is 19.2. The summed E-state index contributed by atoms with van der Waals surface area (Å²) in [7, 11) is 3.55. The van der Waals surface area contributed by atoms with Gasteiger partial charge in [-0.15, -0.1) is 0 Å². The molecule has 8 heteroatoms. The molecule has 0 spiro atoms. The highest BCUT2D eigenvalue weighted by molar-refractivity contribution is 6.32. The molecule has 0 bridgehead atoms. The second-order valence-electron chi connectivity index (χ2n) is 6.06. The first-order valence-corrected chi connectivity index (χ1v) is 8.71. The van der Waals surface area contributed by atoms with E-state index in [0.717, 1.165) is 11.3 Å². The third-order valence-corrected chi connectivity index (χ3v) is 4.11. The number of benzene rings is 1. The topological polar surface area (TPSA) is 72.3 Å². The maximum atomic E-state index is 12.3. The molecule has 0 aliphatic rings. The normalized spacial score (nSPS) is 10.5. The molecule has 0 unspecified atom stereocenters. The number of aromatic nitrogens is 3. The summed E-state index contributed by atoms with van der Waals surface area (Å²) in [5.74, 6) is 0.532. The van der Waals surface area contributed by atoms with Crippen molar-refractivity contribution >= 4 is 23.3 Å². The minimum absolute atomic E-state index is 0.239. The fourth-order valence-corrected chi connectivity index (χ4v) is 2.68. The summed E-state index contributed by atoms with van der Waals surface area (Å²) < 4.78 is 7.38. The average molecular weight is 386 g/mol. The standard InChI is InChI=1S/C19H20ClN5O2/c1-24(11-14-10-22-25(2)12-14)19(26)23-15-6-7-18(17(20)9-15)27-13-16-5-3-4-8-21-16/h3-10,12H,11,13H2,1-2H3,(H,23,26). The molecule has 7 nitrogen and oxygen atoms in total. The number of halogens is 1. The van der Waals surface area contributed by atoms with Crippen LogP contribution in [0.1, 0.15) is 11.3 Å². The van der Waals surface area contributed by atoms with Crippen LogP contribution in [0.25, 0.3) is 0 Å². The quantitative estimate of drug-likeness (QED) is 0.702. The molecular weight excluding hydrogens is 366 g/mol. The smallest absolute Gasteiger partial charge is 0.321 e. The van der Waals surface area contributed by atoms with Crippen LogP contribution in [0.2, 0.25) is 5.02 Å². The van der Waals surface area contributed by atoms with Gasteiger partial charge in [0.1, 0.15) is 12.4 Å². The van der Waals surface area contributed by atoms with E-state index in [9.17, 15) is 4.79 Å². The van der Waals surface area contributed by atoms with Crippen LogP contribution < -0.4 is 10.1 Å². The number of hydrogen-bond acceptors (Lipinski definition) is 4. The van der Waals surface area contributed by atoms with Crippen molar-refractivity contribution in [3.8, 4) is 5.75 Å². The van der Waals surface area contributed by atoms with Crippen LogP contribution in [0.5, 0.6) is 5.75 Å². The number of nitrogens with one attached hydrogen (secondary N) is 1. The van der Waals surface area contributed by atoms with E-state index in [1.165, 1.54) is 0 Å². The van der Waals surface area contributed by atoms with Crippen molar-refractivity contribution < 1.29 is 9.53 Å². The molecule has 0 radical (unpaired) electrons. The van der Waals surface area contributed by atoms with Crippen molar-refractivity contribution in [1.29, 1.82) is 0 Å². The molecule has 1 aromatic carbocycles. The van der Waals surface area contributed by atoms with Crippen molar-refractivity contribution in [3.05, 3.63) is 71.3 Å². The molecule has 0 aliphatic carbocycles. The molecule has 3 rings (SSSR count). The van der Waals surface area contributed by atoms with E-state index in [4.69, 9.17) is 16.3 Å². The Morgan fingerprint density at radius 2 is 2.19 bits per heavy atom. The number of carbonyl (C=O) groups is 1. The van der Waals surface area contributed by atoms with Gasteiger partial charge in [-0.25, -0.2) is 4.79 Å². The summed E-state index contributed by atoms with van der Waals surface area (Å²) in [5.41, 5.74) is 2.35. The van der Waals surface area contributed by atoms with E-state index >= 15 is 0 Å². The van der Waals surface area contributed by atoms with Crippen LogP contribution in [0.3, 0.4) is 0 Å². The third-order valence-electron chi connectivity index (χ3n) is 3.81. The summed E-state index contributed by atoms with van der Waals surface area (Å²) in [4.78, 5) is 18.1. The lowest BCUT2D eigenvalue weighted by Crippen LogP contribution is -2.30. The van der Waals surface area contributed by atoms with Gasteiger partial charge >= 0.3 is 6.03 Å². The van der Waals surface area contributed by atoms with Gasteiger partial charge < -0.3 is 15.0 Å². The largest absolute Gasteiger partial charge is 0.486 e. The monoisotopic (exact) mass is 385 g/mol. The maximum Gasteiger partial charge on any atom is 0.321 e. The van der Waals surface area contributed by atoms with Gasteiger partial charge in [-0.3, -0.25) is 9.67 Å². The Labute approximate surface area is 162 Å². The van der Waals surface area contributed by atoms with E-state index in [1.54, 1.807) is 47.2 Å². The molecule has 2 amide bonds. The predicted molar refractivity (Wildman–Crippen MR) is 104 cm³/mol. The minimum atomic E-state index is -0.239. The van der Waals surface area contributed by atoms with Crippen molar-refractivity contribution in [1.82, 2.24) is 19.7 Å². The summed E-state index contributed by atoms with van der Waals surface area (Å²) >= 11 is 6.27. The van der Waals surface area contributed by atoms with Gasteiger partial charge in [0.25, 0.3) is 0 Å². The lowest BCUT2D eigenvalue weighted by atomic mass is 10.3. The molecule has 1 N–H and O–H groups in total. The van der Waals surface area contributed by atoms with Gasteiger partial charge in [0, 0.05) is 37.7 Å². The van der Waals surface area contributed by atoms with Gasteiger partial charge in [-0.2, -0.15) is 5.10 Å². The number of rotatable bonds is 6. The second kappa shape index (κ2) is 8.55. The Balaban J connectivity index is 1.57. The Morgan fingerprint density at radius 3 is 2.85 bits per heavy atom. The zero-order valence-electron chi connectivity index (χ0n) is 15.1. The van der Waals surface area contributed by atoms with E-state index in [2.05, 4.69) is 15.4 Å². The first-order chi connectivity index (χ1) is 13.0.